The van der Waals surface area contributed by atoms with Crippen LogP contribution in [0.25, 0.3) is 0 Å². The number of thiazole rings is 1. The highest BCUT2D eigenvalue weighted by Crippen LogP contribution is 2.41. The van der Waals surface area contributed by atoms with Gasteiger partial charge in [0.05, 0.1) is 17.9 Å². The number of methoxy groups -OCH3 is 1. The molecule has 2 aromatic rings. The molecule has 1 aliphatic carbocycles. The van der Waals surface area contributed by atoms with Crippen LogP contribution in [-0.2, 0) is 19.6 Å². The third-order valence-electron chi connectivity index (χ3n) is 7.47. The van der Waals surface area contributed by atoms with Gasteiger partial charge in [-0.05, 0) is 43.7 Å². The van der Waals surface area contributed by atoms with E-state index in [1.54, 1.807) is 6.20 Å². The zero-order chi connectivity index (χ0) is 27.0. The van der Waals surface area contributed by atoms with Crippen molar-refractivity contribution >= 4 is 44.8 Å². The zero-order valence-electron chi connectivity index (χ0n) is 20.6. The lowest BCUT2D eigenvalue weighted by atomic mass is 9.86. The fourth-order valence-electron chi connectivity index (χ4n) is 5.30. The van der Waals surface area contributed by atoms with E-state index in [9.17, 15) is 22.7 Å². The molecular weight excluding hydrogens is 555 g/mol. The fraction of sp³-hybridized carbons (Fsp3) is 0.480. The van der Waals surface area contributed by atoms with Crippen molar-refractivity contribution in [3.63, 3.8) is 0 Å². The topological polar surface area (TPSA) is 121 Å². The molecule has 3 aliphatic rings. The third kappa shape index (κ3) is 5.12. The predicted octanol–water partition coefficient (Wildman–Crippen LogP) is 3.27. The summed E-state index contributed by atoms with van der Waals surface area (Å²) in [5, 5.41) is 14.7. The molecule has 0 unspecified atom stereocenters. The van der Waals surface area contributed by atoms with Gasteiger partial charge in [0.25, 0.3) is 0 Å². The van der Waals surface area contributed by atoms with Crippen molar-refractivity contribution in [3.8, 4) is 0 Å². The number of amidine groups is 1. The highest BCUT2D eigenvalue weighted by molar-refractivity contribution is 7.89. The number of hydrogen-bond acceptors (Lipinski definition) is 9. The largest absolute Gasteiger partial charge is 0.466 e. The Labute approximate surface area is 229 Å². The van der Waals surface area contributed by atoms with E-state index in [0.29, 0.717) is 60.9 Å². The predicted molar refractivity (Wildman–Crippen MR) is 142 cm³/mol. The maximum atomic E-state index is 13.9. The number of aliphatic imine (C=N–C) groups is 1. The molecule has 2 fully saturated rings. The number of nitrogens with zero attached hydrogens (tertiary/aromatic N) is 3. The fourth-order valence-corrected chi connectivity index (χ4v) is 8.33. The normalized spacial score (nSPS) is 24.9. The van der Waals surface area contributed by atoms with Crippen LogP contribution in [-0.4, -0.2) is 66.7 Å². The van der Waals surface area contributed by atoms with Crippen LogP contribution in [0.4, 0.5) is 4.39 Å². The van der Waals surface area contributed by atoms with Crippen LogP contribution in [0, 0.1) is 17.7 Å². The van der Waals surface area contributed by atoms with E-state index >= 15 is 0 Å². The summed E-state index contributed by atoms with van der Waals surface area (Å²) in [6, 6.07) is 3.08. The molecular formula is C25H28ClFN4O5S2. The van der Waals surface area contributed by atoms with Gasteiger partial charge in [-0.15, -0.1) is 11.3 Å². The Morgan fingerprint density at radius 1 is 1.32 bits per heavy atom. The number of esters is 1. The van der Waals surface area contributed by atoms with Crippen LogP contribution in [0.5, 0.6) is 0 Å². The highest BCUT2D eigenvalue weighted by Gasteiger charge is 2.44. The van der Waals surface area contributed by atoms with Gasteiger partial charge in [-0.25, -0.2) is 26.9 Å². The van der Waals surface area contributed by atoms with Crippen molar-refractivity contribution < 1.29 is 27.4 Å². The van der Waals surface area contributed by atoms with Crippen LogP contribution in [0.3, 0.4) is 0 Å². The number of aromatic nitrogens is 1. The molecule has 0 amide bonds. The maximum Gasteiger partial charge on any atom is 0.338 e. The highest BCUT2D eigenvalue weighted by atomic mass is 35.5. The summed E-state index contributed by atoms with van der Waals surface area (Å²) in [7, 11) is -2.18. The van der Waals surface area contributed by atoms with Gasteiger partial charge in [0.2, 0.25) is 10.0 Å². The number of rotatable bonds is 7. The Bertz CT molecular complexity index is 1370. The molecule has 0 radical (unpaired) electrons. The Morgan fingerprint density at radius 2 is 2.05 bits per heavy atom. The number of aliphatic hydroxyl groups excluding tert-OH is 1. The number of carbonyl (C=O) groups excluding carboxylic acids is 1. The number of aliphatic hydroxyl groups is 1. The SMILES string of the molecule is COC(=O)C1=C(C2CCN(S(=O)(=O)C3CC(CO)C3)CC2)NC(c2nccs2)=N[C@@H]1c1ccc(F)cc1Cl. The molecule has 38 heavy (non-hydrogen) atoms. The van der Waals surface area contributed by atoms with Gasteiger partial charge in [-0.3, -0.25) is 4.99 Å². The molecule has 0 bridgehead atoms. The van der Waals surface area contributed by atoms with E-state index in [1.807, 2.05) is 5.38 Å². The summed E-state index contributed by atoms with van der Waals surface area (Å²) in [4.78, 5) is 22.3. The first-order valence-electron chi connectivity index (χ1n) is 12.3. The van der Waals surface area contributed by atoms with E-state index < -0.39 is 33.1 Å². The minimum absolute atomic E-state index is 0.00639. The summed E-state index contributed by atoms with van der Waals surface area (Å²) in [6.07, 6.45) is 3.56. The molecule has 1 saturated carbocycles. The number of nitrogens with one attached hydrogen (secondary N) is 1. The van der Waals surface area contributed by atoms with Crippen LogP contribution in [0.15, 0.2) is 46.0 Å². The monoisotopic (exact) mass is 582 g/mol. The quantitative estimate of drug-likeness (QED) is 0.481. The number of piperidine rings is 1. The number of ether oxygens (including phenoxy) is 1. The Kier molecular flexibility index (Phi) is 7.88. The molecule has 1 saturated heterocycles. The number of carbonyl (C=O) groups is 1. The Balaban J connectivity index is 1.47. The summed E-state index contributed by atoms with van der Waals surface area (Å²) < 4.78 is 46.7. The average molecular weight is 583 g/mol. The number of hydrogen-bond donors (Lipinski definition) is 2. The van der Waals surface area contributed by atoms with E-state index in [-0.39, 0.29) is 29.0 Å². The Morgan fingerprint density at radius 3 is 2.66 bits per heavy atom. The standard InChI is InChI=1S/C25H28ClFN4O5S2/c1-36-25(33)20-21(15-4-7-31(8-5-15)38(34,35)17-10-14(11-17)13-32)29-23(24-28-6-9-37-24)30-22(20)18-3-2-16(27)12-19(18)26/h2-3,6,9,12,14-15,17,22,32H,4-5,7-8,10-11,13H2,1H3,(H,29,30)/t14?,17?,22-/m1/s1. The second-order valence-electron chi connectivity index (χ2n) is 9.69. The van der Waals surface area contributed by atoms with Gasteiger partial charge >= 0.3 is 5.97 Å². The zero-order valence-corrected chi connectivity index (χ0v) is 23.0. The first-order valence-corrected chi connectivity index (χ1v) is 15.1. The molecule has 1 atom stereocenters. The molecule has 13 heteroatoms. The van der Waals surface area contributed by atoms with Crippen molar-refractivity contribution in [1.29, 1.82) is 0 Å². The van der Waals surface area contributed by atoms with Gasteiger partial charge < -0.3 is 15.2 Å². The van der Waals surface area contributed by atoms with E-state index in [1.165, 1.54) is 41.0 Å². The molecule has 5 rings (SSSR count). The maximum absolute atomic E-state index is 13.9. The van der Waals surface area contributed by atoms with Gasteiger partial charge in [-0.1, -0.05) is 17.7 Å². The lowest BCUT2D eigenvalue weighted by molar-refractivity contribution is -0.136. The minimum Gasteiger partial charge on any atom is -0.466 e. The van der Waals surface area contributed by atoms with Crippen LogP contribution < -0.4 is 5.32 Å². The summed E-state index contributed by atoms with van der Waals surface area (Å²) in [5.74, 6) is -0.794. The number of allylic oxidation sites excluding steroid dienone is 1. The van der Waals surface area contributed by atoms with Gasteiger partial charge in [-0.2, -0.15) is 0 Å². The van der Waals surface area contributed by atoms with Gasteiger partial charge in [0, 0.05) is 53.5 Å². The molecule has 204 valence electrons. The van der Waals surface area contributed by atoms with E-state index in [2.05, 4.69) is 10.3 Å². The van der Waals surface area contributed by atoms with Crippen molar-refractivity contribution in [2.75, 3.05) is 26.8 Å². The number of halogens is 2. The van der Waals surface area contributed by atoms with Crippen molar-refractivity contribution in [3.05, 3.63) is 62.5 Å². The number of sulfonamides is 1. The first-order chi connectivity index (χ1) is 18.2. The molecule has 1 aromatic carbocycles. The Hall–Kier alpha value is -2.38. The van der Waals surface area contributed by atoms with Gasteiger partial charge in [0.15, 0.2) is 10.8 Å². The minimum atomic E-state index is -3.46. The molecule has 0 spiro atoms. The summed E-state index contributed by atoms with van der Waals surface area (Å²) in [6.45, 7) is 0.615. The van der Waals surface area contributed by atoms with Crippen molar-refractivity contribution in [2.45, 2.75) is 37.0 Å². The second-order valence-corrected chi connectivity index (χ2v) is 13.2. The molecule has 2 N–H and O–H groups in total. The van der Waals surface area contributed by atoms with Crippen molar-refractivity contribution in [1.82, 2.24) is 14.6 Å². The number of benzene rings is 1. The van der Waals surface area contributed by atoms with Crippen LogP contribution in [0.2, 0.25) is 5.02 Å². The average Bonchev–Trinajstić information content (AvgIpc) is 3.42. The molecule has 2 aliphatic heterocycles. The molecule has 1 aromatic heterocycles. The lowest BCUT2D eigenvalue weighted by Crippen LogP contribution is -2.49. The smallest absolute Gasteiger partial charge is 0.338 e. The van der Waals surface area contributed by atoms with E-state index in [0.717, 1.165) is 0 Å². The van der Waals surface area contributed by atoms with Crippen LogP contribution in [0.1, 0.15) is 42.3 Å². The lowest BCUT2D eigenvalue weighted by Gasteiger charge is -2.40. The first kappa shape index (κ1) is 27.2. The van der Waals surface area contributed by atoms with Crippen molar-refractivity contribution in [2.24, 2.45) is 16.8 Å². The summed E-state index contributed by atoms with van der Waals surface area (Å²) >= 11 is 7.79. The van der Waals surface area contributed by atoms with Gasteiger partial charge in [0.1, 0.15) is 11.9 Å². The third-order valence-corrected chi connectivity index (χ3v) is 10.9. The molecule has 9 nitrogen and oxygen atoms in total. The molecule has 3 heterocycles. The van der Waals surface area contributed by atoms with E-state index in [4.69, 9.17) is 21.3 Å². The van der Waals surface area contributed by atoms with Crippen LogP contribution >= 0.6 is 22.9 Å². The second kappa shape index (κ2) is 11.0. The summed E-state index contributed by atoms with van der Waals surface area (Å²) in [5.41, 5.74) is 1.29.